The second kappa shape index (κ2) is 11.1. The SMILES string of the molecule is CN(C)C(=O)CN=C(NCc1cccs1)NCC1CCCS1.I. The fourth-order valence-electron chi connectivity index (χ4n) is 2.06. The minimum atomic E-state index is 0. The zero-order chi connectivity index (χ0) is 15.8. The third-order valence-electron chi connectivity index (χ3n) is 3.40. The standard InChI is InChI=1S/C15H24N4OS2.HI/c1-19(2)14(20)11-18-15(16-9-12-5-3-7-21-12)17-10-13-6-4-8-22-13;/h3,5,7,13H,4,6,8-11H2,1-2H3,(H2,16,17,18);1H. The highest BCUT2D eigenvalue weighted by Crippen LogP contribution is 2.25. The topological polar surface area (TPSA) is 56.7 Å². The van der Waals surface area contributed by atoms with E-state index in [1.54, 1.807) is 30.3 Å². The van der Waals surface area contributed by atoms with Crippen molar-refractivity contribution in [1.82, 2.24) is 15.5 Å². The van der Waals surface area contributed by atoms with Crippen LogP contribution in [0, 0.1) is 0 Å². The van der Waals surface area contributed by atoms with Crippen molar-refractivity contribution in [3.05, 3.63) is 22.4 Å². The lowest BCUT2D eigenvalue weighted by atomic mass is 10.2. The van der Waals surface area contributed by atoms with E-state index >= 15 is 0 Å². The van der Waals surface area contributed by atoms with Gasteiger partial charge in [0.1, 0.15) is 6.54 Å². The lowest BCUT2D eigenvalue weighted by molar-refractivity contribution is -0.127. The van der Waals surface area contributed by atoms with Crippen molar-refractivity contribution in [3.8, 4) is 0 Å². The molecular weight excluding hydrogens is 443 g/mol. The van der Waals surface area contributed by atoms with Crippen molar-refractivity contribution in [3.63, 3.8) is 0 Å². The van der Waals surface area contributed by atoms with Crippen LogP contribution in [0.5, 0.6) is 0 Å². The van der Waals surface area contributed by atoms with E-state index in [1.807, 2.05) is 17.8 Å². The fourth-order valence-corrected chi connectivity index (χ4v) is 3.91. The van der Waals surface area contributed by atoms with Gasteiger partial charge in [0.15, 0.2) is 5.96 Å². The number of nitrogens with one attached hydrogen (secondary N) is 2. The van der Waals surface area contributed by atoms with Crippen LogP contribution >= 0.6 is 47.1 Å². The molecule has 1 aliphatic heterocycles. The Morgan fingerprint density at radius 1 is 1.43 bits per heavy atom. The van der Waals surface area contributed by atoms with Crippen molar-refractivity contribution in [2.24, 2.45) is 4.99 Å². The van der Waals surface area contributed by atoms with Crippen LogP contribution in [0.15, 0.2) is 22.5 Å². The van der Waals surface area contributed by atoms with E-state index < -0.39 is 0 Å². The molecule has 23 heavy (non-hydrogen) atoms. The van der Waals surface area contributed by atoms with Gasteiger partial charge in [-0.3, -0.25) is 4.79 Å². The van der Waals surface area contributed by atoms with E-state index in [0.717, 1.165) is 19.0 Å². The molecule has 1 unspecified atom stereocenters. The molecule has 0 aromatic carbocycles. The number of amides is 1. The Hall–Kier alpha value is -0.480. The van der Waals surface area contributed by atoms with Gasteiger partial charge in [0, 0.05) is 30.8 Å². The summed E-state index contributed by atoms with van der Waals surface area (Å²) in [6, 6.07) is 4.13. The van der Waals surface area contributed by atoms with Crippen LogP contribution in [-0.4, -0.2) is 55.0 Å². The van der Waals surface area contributed by atoms with Crippen LogP contribution in [0.1, 0.15) is 17.7 Å². The quantitative estimate of drug-likeness (QED) is 0.383. The van der Waals surface area contributed by atoms with Gasteiger partial charge >= 0.3 is 0 Å². The average molecular weight is 468 g/mol. The van der Waals surface area contributed by atoms with E-state index in [1.165, 1.54) is 23.5 Å². The van der Waals surface area contributed by atoms with Crippen LogP contribution in [0.2, 0.25) is 0 Å². The Kier molecular flexibility index (Phi) is 9.96. The van der Waals surface area contributed by atoms with E-state index in [4.69, 9.17) is 0 Å². The molecule has 8 heteroatoms. The number of hydrogen-bond acceptors (Lipinski definition) is 4. The molecule has 0 saturated carbocycles. The van der Waals surface area contributed by atoms with Crippen molar-refractivity contribution in [1.29, 1.82) is 0 Å². The molecule has 1 saturated heterocycles. The lowest BCUT2D eigenvalue weighted by Gasteiger charge is -2.15. The molecule has 2 rings (SSSR count). The molecule has 1 fully saturated rings. The first kappa shape index (κ1) is 20.6. The number of hydrogen-bond donors (Lipinski definition) is 2. The van der Waals surface area contributed by atoms with Crippen molar-refractivity contribution in [2.45, 2.75) is 24.6 Å². The Bertz CT molecular complexity index is 488. The van der Waals surface area contributed by atoms with E-state index in [9.17, 15) is 4.79 Å². The van der Waals surface area contributed by atoms with Gasteiger partial charge in [-0.1, -0.05) is 6.07 Å². The van der Waals surface area contributed by atoms with Crippen LogP contribution in [0.4, 0.5) is 0 Å². The maximum absolute atomic E-state index is 11.7. The average Bonchev–Trinajstić information content (AvgIpc) is 3.19. The predicted molar refractivity (Wildman–Crippen MR) is 111 cm³/mol. The molecule has 5 nitrogen and oxygen atoms in total. The highest BCUT2D eigenvalue weighted by molar-refractivity contribution is 14.0. The van der Waals surface area contributed by atoms with E-state index in [-0.39, 0.29) is 36.4 Å². The molecule has 1 amide bonds. The number of guanidine groups is 1. The summed E-state index contributed by atoms with van der Waals surface area (Å²) in [6.07, 6.45) is 2.55. The number of halogens is 1. The monoisotopic (exact) mass is 468 g/mol. The number of likely N-dealkylation sites (N-methyl/N-ethyl adjacent to an activating group) is 1. The molecule has 2 heterocycles. The Labute approximate surface area is 163 Å². The molecule has 1 aromatic heterocycles. The van der Waals surface area contributed by atoms with Crippen molar-refractivity contribution < 1.29 is 4.79 Å². The first-order chi connectivity index (χ1) is 10.6. The molecular formula is C15H25IN4OS2. The van der Waals surface area contributed by atoms with Gasteiger partial charge in [-0.25, -0.2) is 4.99 Å². The maximum Gasteiger partial charge on any atom is 0.243 e. The van der Waals surface area contributed by atoms with Crippen LogP contribution in [-0.2, 0) is 11.3 Å². The molecule has 2 N–H and O–H groups in total. The van der Waals surface area contributed by atoms with Crippen LogP contribution in [0.3, 0.4) is 0 Å². The molecule has 0 radical (unpaired) electrons. The van der Waals surface area contributed by atoms with Crippen molar-refractivity contribution >= 4 is 58.9 Å². The van der Waals surface area contributed by atoms with Crippen LogP contribution < -0.4 is 10.6 Å². The normalized spacial score (nSPS) is 17.5. The molecule has 0 aliphatic carbocycles. The highest BCUT2D eigenvalue weighted by Gasteiger charge is 2.15. The Balaban J connectivity index is 0.00000264. The molecule has 0 bridgehead atoms. The van der Waals surface area contributed by atoms with E-state index in [2.05, 4.69) is 27.1 Å². The molecule has 1 aromatic rings. The summed E-state index contributed by atoms with van der Waals surface area (Å²) in [5.74, 6) is 1.98. The zero-order valence-corrected chi connectivity index (χ0v) is 17.5. The van der Waals surface area contributed by atoms with Gasteiger partial charge in [-0.05, 0) is 30.0 Å². The van der Waals surface area contributed by atoms with E-state index in [0.29, 0.717) is 5.25 Å². The summed E-state index contributed by atoms with van der Waals surface area (Å²) < 4.78 is 0. The summed E-state index contributed by atoms with van der Waals surface area (Å²) in [5.41, 5.74) is 0. The maximum atomic E-state index is 11.7. The number of rotatable bonds is 6. The first-order valence-electron chi connectivity index (χ1n) is 7.51. The molecule has 0 spiro atoms. The number of thiophene rings is 1. The fraction of sp³-hybridized carbons (Fsp3) is 0.600. The molecule has 1 aliphatic rings. The van der Waals surface area contributed by atoms with Crippen LogP contribution in [0.25, 0.3) is 0 Å². The van der Waals surface area contributed by atoms with Gasteiger partial charge in [-0.15, -0.1) is 35.3 Å². The lowest BCUT2D eigenvalue weighted by Crippen LogP contribution is -2.40. The Morgan fingerprint density at radius 3 is 2.87 bits per heavy atom. The van der Waals surface area contributed by atoms with Crippen molar-refractivity contribution in [2.75, 3.05) is 32.9 Å². The van der Waals surface area contributed by atoms with Gasteiger partial charge in [0.2, 0.25) is 5.91 Å². The first-order valence-corrected chi connectivity index (χ1v) is 9.44. The summed E-state index contributed by atoms with van der Waals surface area (Å²) in [5, 5.41) is 9.39. The number of thioether (sulfide) groups is 1. The summed E-state index contributed by atoms with van der Waals surface area (Å²) in [7, 11) is 3.50. The highest BCUT2D eigenvalue weighted by atomic mass is 127. The molecule has 1 atom stereocenters. The Morgan fingerprint density at radius 2 is 2.26 bits per heavy atom. The summed E-state index contributed by atoms with van der Waals surface area (Å²) >= 11 is 3.72. The third-order valence-corrected chi connectivity index (χ3v) is 5.68. The zero-order valence-electron chi connectivity index (χ0n) is 13.6. The number of aliphatic imine (C=N–C) groups is 1. The second-order valence-electron chi connectivity index (χ2n) is 5.40. The largest absolute Gasteiger partial charge is 0.355 e. The number of carbonyl (C=O) groups is 1. The van der Waals surface area contributed by atoms with Gasteiger partial charge in [-0.2, -0.15) is 11.8 Å². The summed E-state index contributed by atoms with van der Waals surface area (Å²) in [4.78, 5) is 18.9. The second-order valence-corrected chi connectivity index (χ2v) is 7.84. The van der Waals surface area contributed by atoms with Gasteiger partial charge < -0.3 is 15.5 Å². The molecule has 130 valence electrons. The van der Waals surface area contributed by atoms with Gasteiger partial charge in [0.25, 0.3) is 0 Å². The minimum absolute atomic E-state index is 0. The number of carbonyl (C=O) groups excluding carboxylic acids is 1. The smallest absolute Gasteiger partial charge is 0.243 e. The third kappa shape index (κ3) is 7.75. The van der Waals surface area contributed by atoms with Gasteiger partial charge in [0.05, 0.1) is 6.54 Å². The predicted octanol–water partition coefficient (Wildman–Crippen LogP) is 2.39. The summed E-state index contributed by atoms with van der Waals surface area (Å²) in [6.45, 7) is 1.80. The number of nitrogens with zero attached hydrogens (tertiary/aromatic N) is 2. The minimum Gasteiger partial charge on any atom is -0.355 e.